The van der Waals surface area contributed by atoms with Gasteiger partial charge in [0.25, 0.3) is 0 Å². The molecule has 1 rings (SSSR count). The van der Waals surface area contributed by atoms with Crippen molar-refractivity contribution in [3.05, 3.63) is 24.0 Å². The maximum absolute atomic E-state index is 8.62. The second-order valence-corrected chi connectivity index (χ2v) is 2.82. The molecule has 2 N–H and O–H groups in total. The highest BCUT2D eigenvalue weighted by Gasteiger charge is 1.94. The smallest absolute Gasteiger partial charge is 0.142 e. The van der Waals surface area contributed by atoms with Crippen molar-refractivity contribution in [3.8, 4) is 6.07 Å². The fourth-order valence-electron chi connectivity index (χ4n) is 1.07. The molecule has 0 amide bonds. The lowest BCUT2D eigenvalue weighted by Gasteiger charge is -2.05. The molecule has 0 aliphatic carbocycles. The van der Waals surface area contributed by atoms with Crippen molar-refractivity contribution in [2.75, 3.05) is 25.0 Å². The van der Waals surface area contributed by atoms with E-state index < -0.39 is 0 Å². The van der Waals surface area contributed by atoms with E-state index in [2.05, 4.69) is 22.5 Å². The Morgan fingerprint density at radius 1 is 1.50 bits per heavy atom. The van der Waals surface area contributed by atoms with Gasteiger partial charge in [-0.25, -0.2) is 4.98 Å². The summed E-state index contributed by atoms with van der Waals surface area (Å²) in [6.45, 7) is 4.81. The number of likely N-dealkylation sites (N-methyl/N-ethyl adjacent to an activating group) is 1. The number of nitrogens with zero attached hydrogens (tertiary/aromatic N) is 2. The lowest BCUT2D eigenvalue weighted by molar-refractivity contribution is 0.739. The fraction of sp³-hybridized carbons (Fsp3) is 0.400. The van der Waals surface area contributed by atoms with Crippen LogP contribution < -0.4 is 10.6 Å². The molecule has 0 saturated carbocycles. The van der Waals surface area contributed by atoms with Crippen LogP contribution in [-0.4, -0.2) is 24.6 Å². The Hall–Kier alpha value is -1.60. The van der Waals surface area contributed by atoms with Gasteiger partial charge in [-0.1, -0.05) is 6.92 Å². The van der Waals surface area contributed by atoms with Gasteiger partial charge in [-0.15, -0.1) is 0 Å². The zero-order valence-electron chi connectivity index (χ0n) is 8.25. The number of anilines is 1. The third-order valence-corrected chi connectivity index (χ3v) is 1.76. The minimum atomic E-state index is 0.443. The first-order valence-corrected chi connectivity index (χ1v) is 4.67. The third-order valence-electron chi connectivity index (χ3n) is 1.76. The largest absolute Gasteiger partial charge is 0.384 e. The van der Waals surface area contributed by atoms with Crippen LogP contribution in [-0.2, 0) is 0 Å². The minimum absolute atomic E-state index is 0.443. The van der Waals surface area contributed by atoms with Gasteiger partial charge in [0, 0.05) is 25.0 Å². The van der Waals surface area contributed by atoms with Gasteiger partial charge in [0.1, 0.15) is 11.8 Å². The Morgan fingerprint density at radius 2 is 2.36 bits per heavy atom. The average molecular weight is 190 g/mol. The lowest BCUT2D eigenvalue weighted by atomic mass is 10.3. The zero-order valence-corrected chi connectivity index (χ0v) is 8.25. The second-order valence-electron chi connectivity index (χ2n) is 2.82. The number of nitriles is 1. The first kappa shape index (κ1) is 10.5. The average Bonchev–Trinajstić information content (AvgIpc) is 2.25. The molecule has 0 saturated heterocycles. The van der Waals surface area contributed by atoms with Crippen molar-refractivity contribution >= 4 is 5.69 Å². The summed E-state index contributed by atoms with van der Waals surface area (Å²) in [4.78, 5) is 3.89. The van der Waals surface area contributed by atoms with Crippen LogP contribution in [0.4, 0.5) is 5.69 Å². The maximum atomic E-state index is 8.62. The summed E-state index contributed by atoms with van der Waals surface area (Å²) in [5.41, 5.74) is 1.38. The Kier molecular flexibility index (Phi) is 4.45. The highest BCUT2D eigenvalue weighted by Crippen LogP contribution is 2.05. The molecule has 1 heterocycles. The monoisotopic (exact) mass is 190 g/mol. The van der Waals surface area contributed by atoms with E-state index in [4.69, 9.17) is 5.26 Å². The highest BCUT2D eigenvalue weighted by molar-refractivity contribution is 5.45. The lowest BCUT2D eigenvalue weighted by Crippen LogP contribution is -2.21. The summed E-state index contributed by atoms with van der Waals surface area (Å²) in [6, 6.07) is 5.60. The first-order chi connectivity index (χ1) is 6.86. The van der Waals surface area contributed by atoms with Crippen molar-refractivity contribution in [2.45, 2.75) is 6.92 Å². The van der Waals surface area contributed by atoms with Crippen LogP contribution in [0, 0.1) is 11.3 Å². The molecule has 14 heavy (non-hydrogen) atoms. The molecule has 1 aromatic rings. The molecule has 74 valence electrons. The Labute approximate surface area is 84.0 Å². The maximum Gasteiger partial charge on any atom is 0.142 e. The molecule has 4 heteroatoms. The van der Waals surface area contributed by atoms with Gasteiger partial charge in [-0.05, 0) is 18.7 Å². The molecule has 0 aromatic carbocycles. The van der Waals surface area contributed by atoms with Gasteiger partial charge < -0.3 is 10.6 Å². The highest BCUT2D eigenvalue weighted by atomic mass is 14.9. The molecule has 0 aliphatic heterocycles. The van der Waals surface area contributed by atoms with E-state index in [-0.39, 0.29) is 0 Å². The molecule has 0 spiro atoms. The third kappa shape index (κ3) is 3.42. The Bertz CT molecular complexity index is 316. The Morgan fingerprint density at radius 3 is 3.07 bits per heavy atom. The number of aromatic nitrogens is 1. The fourth-order valence-corrected chi connectivity index (χ4v) is 1.07. The molecule has 0 unspecified atom stereocenters. The quantitative estimate of drug-likeness (QED) is 0.679. The molecule has 1 aromatic heterocycles. The van der Waals surface area contributed by atoms with Crippen molar-refractivity contribution < 1.29 is 0 Å². The van der Waals surface area contributed by atoms with Crippen LogP contribution >= 0.6 is 0 Å². The number of pyridine rings is 1. The topological polar surface area (TPSA) is 60.7 Å². The van der Waals surface area contributed by atoms with E-state index in [0.29, 0.717) is 5.69 Å². The summed E-state index contributed by atoms with van der Waals surface area (Å²) < 4.78 is 0. The van der Waals surface area contributed by atoms with Crippen molar-refractivity contribution in [2.24, 2.45) is 0 Å². The van der Waals surface area contributed by atoms with Crippen LogP contribution in [0.1, 0.15) is 12.6 Å². The standard InChI is InChI=1S/C10H14N4/c1-2-12-5-6-14-9-3-4-13-10(7-9)8-11/h3-4,7,12H,2,5-6H2,1H3,(H,13,14). The SMILES string of the molecule is CCNCCNc1ccnc(C#N)c1. The predicted octanol–water partition coefficient (Wildman–Crippen LogP) is 0.975. The van der Waals surface area contributed by atoms with Crippen molar-refractivity contribution in [1.29, 1.82) is 5.26 Å². The molecule has 0 bridgehead atoms. The summed E-state index contributed by atoms with van der Waals surface area (Å²) in [5.74, 6) is 0. The van der Waals surface area contributed by atoms with Crippen LogP contribution in [0.3, 0.4) is 0 Å². The van der Waals surface area contributed by atoms with Crippen LogP contribution in [0.2, 0.25) is 0 Å². The summed E-state index contributed by atoms with van der Waals surface area (Å²) >= 11 is 0. The van der Waals surface area contributed by atoms with E-state index in [1.165, 1.54) is 0 Å². The molecule has 0 aliphatic rings. The summed E-state index contributed by atoms with van der Waals surface area (Å²) in [5, 5.41) is 15.0. The van der Waals surface area contributed by atoms with Crippen LogP contribution in [0.15, 0.2) is 18.3 Å². The number of hydrogen-bond acceptors (Lipinski definition) is 4. The molecule has 0 fully saturated rings. The normalized spacial score (nSPS) is 9.43. The van der Waals surface area contributed by atoms with Gasteiger partial charge in [0.05, 0.1) is 0 Å². The van der Waals surface area contributed by atoms with Gasteiger partial charge in [0.2, 0.25) is 0 Å². The van der Waals surface area contributed by atoms with E-state index in [0.717, 1.165) is 25.3 Å². The first-order valence-electron chi connectivity index (χ1n) is 4.67. The van der Waals surface area contributed by atoms with Gasteiger partial charge in [0.15, 0.2) is 0 Å². The number of rotatable bonds is 5. The van der Waals surface area contributed by atoms with E-state index in [1.54, 1.807) is 12.3 Å². The molecular formula is C10H14N4. The van der Waals surface area contributed by atoms with Crippen LogP contribution in [0.25, 0.3) is 0 Å². The summed E-state index contributed by atoms with van der Waals surface area (Å²) in [7, 11) is 0. The molecule has 4 nitrogen and oxygen atoms in total. The van der Waals surface area contributed by atoms with Crippen molar-refractivity contribution in [3.63, 3.8) is 0 Å². The minimum Gasteiger partial charge on any atom is -0.384 e. The van der Waals surface area contributed by atoms with E-state index >= 15 is 0 Å². The molecule has 0 atom stereocenters. The van der Waals surface area contributed by atoms with E-state index in [1.807, 2.05) is 12.1 Å². The van der Waals surface area contributed by atoms with E-state index in [9.17, 15) is 0 Å². The Balaban J connectivity index is 2.39. The number of hydrogen-bond donors (Lipinski definition) is 2. The molecular weight excluding hydrogens is 176 g/mol. The molecule has 0 radical (unpaired) electrons. The predicted molar refractivity (Wildman–Crippen MR) is 56.0 cm³/mol. The number of nitrogens with one attached hydrogen (secondary N) is 2. The summed E-state index contributed by atoms with van der Waals surface area (Å²) in [6.07, 6.45) is 1.63. The van der Waals surface area contributed by atoms with Gasteiger partial charge in [-0.2, -0.15) is 5.26 Å². The van der Waals surface area contributed by atoms with Gasteiger partial charge in [-0.3, -0.25) is 0 Å². The van der Waals surface area contributed by atoms with Crippen LogP contribution in [0.5, 0.6) is 0 Å². The van der Waals surface area contributed by atoms with Gasteiger partial charge >= 0.3 is 0 Å². The second kappa shape index (κ2) is 5.95. The van der Waals surface area contributed by atoms with Crippen molar-refractivity contribution in [1.82, 2.24) is 10.3 Å². The zero-order chi connectivity index (χ0) is 10.2.